The molecule has 1 atom stereocenters. The Hall–Kier alpha value is -4.05. The average Bonchev–Trinajstić information content (AvgIpc) is 3.48. The van der Waals surface area contributed by atoms with Gasteiger partial charge in [-0.3, -0.25) is 9.69 Å². The van der Waals surface area contributed by atoms with Crippen molar-refractivity contribution in [1.29, 1.82) is 5.26 Å². The highest BCUT2D eigenvalue weighted by atomic mass is 19.4. The molecule has 8 nitrogen and oxygen atoms in total. The fourth-order valence-electron chi connectivity index (χ4n) is 3.72. The Morgan fingerprint density at radius 3 is 2.56 bits per heavy atom. The fraction of sp³-hybridized carbons (Fsp3) is 0.304. The molecule has 2 N–H and O–H groups in total. The Morgan fingerprint density at radius 2 is 1.94 bits per heavy atom. The monoisotopic (exact) mass is 509 g/mol. The van der Waals surface area contributed by atoms with Crippen LogP contribution in [0, 0.1) is 23.0 Å². The summed E-state index contributed by atoms with van der Waals surface area (Å²) in [4.78, 5) is 32.7. The smallest absolute Gasteiger partial charge is 0.475 e. The van der Waals surface area contributed by atoms with Crippen LogP contribution < -0.4 is 0 Å². The summed E-state index contributed by atoms with van der Waals surface area (Å²) >= 11 is 0. The van der Waals surface area contributed by atoms with Crippen LogP contribution in [0.4, 0.5) is 22.0 Å². The van der Waals surface area contributed by atoms with Crippen LogP contribution in [-0.2, 0) is 11.3 Å². The first-order chi connectivity index (χ1) is 16.9. The van der Waals surface area contributed by atoms with Gasteiger partial charge in [0, 0.05) is 31.1 Å². The van der Waals surface area contributed by atoms with Crippen LogP contribution in [0.3, 0.4) is 0 Å². The van der Waals surface area contributed by atoms with Crippen LogP contribution in [0.25, 0.3) is 10.9 Å². The van der Waals surface area contributed by atoms with Gasteiger partial charge in [-0.2, -0.15) is 18.4 Å². The molecule has 0 radical (unpaired) electrons. The maximum absolute atomic E-state index is 13.4. The van der Waals surface area contributed by atoms with E-state index in [1.807, 2.05) is 18.0 Å². The van der Waals surface area contributed by atoms with Gasteiger partial charge in [-0.15, -0.1) is 0 Å². The lowest BCUT2D eigenvalue weighted by molar-refractivity contribution is -0.192. The van der Waals surface area contributed by atoms with Crippen molar-refractivity contribution in [2.24, 2.45) is 0 Å². The first-order valence-corrected chi connectivity index (χ1v) is 10.5. The highest BCUT2D eigenvalue weighted by Crippen LogP contribution is 2.22. The molecule has 3 aromatic rings. The zero-order chi connectivity index (χ0) is 26.6. The van der Waals surface area contributed by atoms with Gasteiger partial charge in [-0.1, -0.05) is 6.07 Å². The van der Waals surface area contributed by atoms with Gasteiger partial charge >= 0.3 is 12.1 Å². The SMILES string of the molecule is CN(Cc1ccc(F)c(F)c1)C1CCN(C(=O)c2cc3cc(C#N)ncc3[nH]2)C1.O=C(O)C(F)(F)F. The number of fused-ring (bicyclic) bond motifs is 1. The number of hydrogen-bond acceptors (Lipinski definition) is 5. The predicted molar refractivity (Wildman–Crippen MR) is 117 cm³/mol. The summed E-state index contributed by atoms with van der Waals surface area (Å²) in [6.07, 6.45) is -2.74. The number of likely N-dealkylation sites (N-methyl/N-ethyl adjacent to an activating group) is 1. The largest absolute Gasteiger partial charge is 0.490 e. The van der Waals surface area contributed by atoms with E-state index in [1.54, 1.807) is 29.3 Å². The second kappa shape index (κ2) is 10.7. The molecule has 36 heavy (non-hydrogen) atoms. The number of carbonyl (C=O) groups excluding carboxylic acids is 1. The Bertz CT molecular complexity index is 1320. The van der Waals surface area contributed by atoms with E-state index >= 15 is 0 Å². The van der Waals surface area contributed by atoms with Crippen molar-refractivity contribution in [3.05, 3.63) is 65.1 Å². The van der Waals surface area contributed by atoms with E-state index in [0.717, 1.165) is 17.9 Å². The van der Waals surface area contributed by atoms with Crippen molar-refractivity contribution in [2.45, 2.75) is 25.2 Å². The molecule has 1 amide bonds. The van der Waals surface area contributed by atoms with Crippen molar-refractivity contribution in [1.82, 2.24) is 19.8 Å². The number of aromatic amines is 1. The lowest BCUT2D eigenvalue weighted by Crippen LogP contribution is -2.36. The molecule has 4 rings (SSSR count). The molecule has 13 heteroatoms. The minimum atomic E-state index is -5.08. The number of amides is 1. The number of aromatic nitrogens is 2. The third-order valence-electron chi connectivity index (χ3n) is 5.58. The van der Waals surface area contributed by atoms with Crippen LogP contribution in [-0.4, -0.2) is 69.1 Å². The number of nitrogens with zero attached hydrogens (tertiary/aromatic N) is 4. The molecule has 3 heterocycles. The van der Waals surface area contributed by atoms with E-state index in [1.165, 1.54) is 6.07 Å². The number of rotatable bonds is 4. The van der Waals surface area contributed by atoms with E-state index < -0.39 is 23.8 Å². The molecule has 1 aromatic carbocycles. The Labute approximate surface area is 201 Å². The molecule has 0 spiro atoms. The van der Waals surface area contributed by atoms with Crippen LogP contribution in [0.1, 0.15) is 28.2 Å². The lowest BCUT2D eigenvalue weighted by atomic mass is 10.1. The van der Waals surface area contributed by atoms with E-state index in [2.05, 4.69) is 9.97 Å². The number of likely N-dealkylation sites (tertiary alicyclic amines) is 1. The molecule has 0 aliphatic carbocycles. The number of nitriles is 1. The second-order valence-corrected chi connectivity index (χ2v) is 8.11. The van der Waals surface area contributed by atoms with E-state index in [4.69, 9.17) is 15.2 Å². The van der Waals surface area contributed by atoms with Gasteiger partial charge in [0.05, 0.1) is 11.7 Å². The summed E-state index contributed by atoms with van der Waals surface area (Å²) in [7, 11) is 1.91. The van der Waals surface area contributed by atoms with Gasteiger partial charge in [0.2, 0.25) is 0 Å². The number of carboxylic acids is 1. The molecular weight excluding hydrogens is 489 g/mol. The molecular formula is C23H20F5N5O3. The minimum absolute atomic E-state index is 0.108. The zero-order valence-electron chi connectivity index (χ0n) is 18.8. The summed E-state index contributed by atoms with van der Waals surface area (Å²) in [6, 6.07) is 9.40. The van der Waals surface area contributed by atoms with Gasteiger partial charge in [-0.05, 0) is 43.3 Å². The molecule has 2 aromatic heterocycles. The second-order valence-electron chi connectivity index (χ2n) is 8.11. The molecule has 1 fully saturated rings. The normalized spacial score (nSPS) is 15.5. The van der Waals surface area contributed by atoms with Gasteiger partial charge in [-0.25, -0.2) is 18.6 Å². The summed E-state index contributed by atoms with van der Waals surface area (Å²) in [5, 5.41) is 16.9. The molecule has 1 aliphatic rings. The number of aliphatic carboxylic acids is 1. The van der Waals surface area contributed by atoms with E-state index in [0.29, 0.717) is 42.1 Å². The van der Waals surface area contributed by atoms with Crippen LogP contribution in [0.2, 0.25) is 0 Å². The first kappa shape index (κ1) is 26.6. The van der Waals surface area contributed by atoms with Crippen LogP contribution in [0.5, 0.6) is 0 Å². The molecule has 0 bridgehead atoms. The number of halogens is 5. The third kappa shape index (κ3) is 6.33. The summed E-state index contributed by atoms with van der Waals surface area (Å²) in [6.45, 7) is 1.64. The van der Waals surface area contributed by atoms with Crippen LogP contribution in [0.15, 0.2) is 36.5 Å². The zero-order valence-corrected chi connectivity index (χ0v) is 18.8. The minimum Gasteiger partial charge on any atom is -0.475 e. The third-order valence-corrected chi connectivity index (χ3v) is 5.58. The number of carboxylic acid groups (broad SMARTS) is 1. The highest BCUT2D eigenvalue weighted by Gasteiger charge is 2.38. The Morgan fingerprint density at radius 1 is 1.25 bits per heavy atom. The molecule has 0 saturated carbocycles. The highest BCUT2D eigenvalue weighted by molar-refractivity contribution is 5.98. The van der Waals surface area contributed by atoms with Crippen molar-refractivity contribution >= 4 is 22.8 Å². The van der Waals surface area contributed by atoms with Crippen molar-refractivity contribution < 1.29 is 36.6 Å². The molecule has 190 valence electrons. The van der Waals surface area contributed by atoms with Crippen molar-refractivity contribution in [3.63, 3.8) is 0 Å². The summed E-state index contributed by atoms with van der Waals surface area (Å²) < 4.78 is 58.3. The maximum Gasteiger partial charge on any atom is 0.490 e. The van der Waals surface area contributed by atoms with Gasteiger partial charge in [0.25, 0.3) is 5.91 Å². The molecule has 1 aliphatic heterocycles. The number of carbonyl (C=O) groups is 2. The number of hydrogen-bond donors (Lipinski definition) is 2. The van der Waals surface area contributed by atoms with Gasteiger partial charge in [0.15, 0.2) is 11.6 Å². The number of nitrogens with one attached hydrogen (secondary N) is 1. The quantitative estimate of drug-likeness (QED) is 0.519. The molecule has 1 saturated heterocycles. The topological polar surface area (TPSA) is 113 Å². The summed E-state index contributed by atoms with van der Waals surface area (Å²) in [5.41, 5.74) is 2.16. The molecule has 1 unspecified atom stereocenters. The van der Waals surface area contributed by atoms with E-state index in [9.17, 15) is 26.7 Å². The number of alkyl halides is 3. The van der Waals surface area contributed by atoms with Gasteiger partial charge < -0.3 is 15.0 Å². The number of benzene rings is 1. The fourth-order valence-corrected chi connectivity index (χ4v) is 3.72. The van der Waals surface area contributed by atoms with Gasteiger partial charge in [0.1, 0.15) is 17.5 Å². The predicted octanol–water partition coefficient (Wildman–Crippen LogP) is 3.69. The maximum atomic E-state index is 13.4. The standard InChI is InChI=1S/C21H19F2N5O.C2HF3O2/c1-27(11-13-2-3-17(22)18(23)6-13)16-4-5-28(12-16)21(29)19-8-14-7-15(9-24)25-10-20(14)26-19;3-2(4,5)1(6)7/h2-3,6-8,10,16,26H,4-5,11-12H2,1H3;(H,6,7). The average molecular weight is 509 g/mol. The summed E-state index contributed by atoms with van der Waals surface area (Å²) in [5.74, 6) is -4.58. The Kier molecular flexibility index (Phi) is 7.89. The number of H-pyrrole nitrogens is 1. The number of pyridine rings is 1. The van der Waals surface area contributed by atoms with Crippen LogP contribution >= 0.6 is 0 Å². The first-order valence-electron chi connectivity index (χ1n) is 10.5. The van der Waals surface area contributed by atoms with Crippen molar-refractivity contribution in [3.8, 4) is 6.07 Å². The van der Waals surface area contributed by atoms with Crippen molar-refractivity contribution in [2.75, 3.05) is 20.1 Å². The van der Waals surface area contributed by atoms with E-state index in [-0.39, 0.29) is 11.9 Å². The lowest BCUT2D eigenvalue weighted by Gasteiger charge is -2.24. The Balaban J connectivity index is 0.000000454.